The van der Waals surface area contributed by atoms with Crippen molar-refractivity contribution in [3.8, 4) is 0 Å². The molecule has 1 unspecified atom stereocenters. The number of hydrogen-bond donors (Lipinski definition) is 0. The third-order valence-corrected chi connectivity index (χ3v) is 2.85. The zero-order valence-electron chi connectivity index (χ0n) is 9.75. The second-order valence-electron chi connectivity index (χ2n) is 4.86. The maximum Gasteiger partial charge on any atom is 0.137 e. The Balaban J connectivity index is 2.29. The first kappa shape index (κ1) is 11.7. The molecule has 82 valence electrons. The maximum atomic E-state index is 11.6. The van der Waals surface area contributed by atoms with Gasteiger partial charge in [0.05, 0.1) is 0 Å². The van der Waals surface area contributed by atoms with Crippen LogP contribution in [0.4, 0.5) is 0 Å². The summed E-state index contributed by atoms with van der Waals surface area (Å²) in [5.74, 6) is 1.54. The van der Waals surface area contributed by atoms with Gasteiger partial charge >= 0.3 is 0 Å². The van der Waals surface area contributed by atoms with Gasteiger partial charge in [-0.1, -0.05) is 20.8 Å². The third-order valence-electron chi connectivity index (χ3n) is 2.85. The van der Waals surface area contributed by atoms with Crippen LogP contribution in [-0.4, -0.2) is 30.3 Å². The molecule has 2 heteroatoms. The zero-order valence-corrected chi connectivity index (χ0v) is 9.75. The number of nitrogens with zero attached hydrogens (tertiary/aromatic N) is 1. The number of carbonyl (C=O) groups is 1. The Kier molecular flexibility index (Phi) is 4.59. The van der Waals surface area contributed by atoms with E-state index in [9.17, 15) is 4.79 Å². The van der Waals surface area contributed by atoms with Gasteiger partial charge in [-0.05, 0) is 25.3 Å². The highest BCUT2D eigenvalue weighted by atomic mass is 16.1. The van der Waals surface area contributed by atoms with Crippen molar-refractivity contribution < 1.29 is 4.79 Å². The topological polar surface area (TPSA) is 20.3 Å². The van der Waals surface area contributed by atoms with Crippen LogP contribution in [0, 0.1) is 11.8 Å². The summed E-state index contributed by atoms with van der Waals surface area (Å²) < 4.78 is 0. The second-order valence-corrected chi connectivity index (χ2v) is 4.86. The summed E-state index contributed by atoms with van der Waals surface area (Å²) in [7, 11) is 0. The van der Waals surface area contributed by atoms with E-state index in [2.05, 4.69) is 25.7 Å². The van der Waals surface area contributed by atoms with E-state index in [0.29, 0.717) is 11.7 Å². The Morgan fingerprint density at radius 1 is 1.50 bits per heavy atom. The largest absolute Gasteiger partial charge is 0.302 e. The third kappa shape index (κ3) is 3.41. The fraction of sp³-hybridized carbons (Fsp3) is 0.917. The van der Waals surface area contributed by atoms with Crippen molar-refractivity contribution in [2.24, 2.45) is 11.8 Å². The Hall–Kier alpha value is -0.370. The molecule has 0 aromatic carbocycles. The molecule has 1 atom stereocenters. The van der Waals surface area contributed by atoms with Crippen LogP contribution in [0.2, 0.25) is 0 Å². The minimum absolute atomic E-state index is 0.341. The van der Waals surface area contributed by atoms with Crippen molar-refractivity contribution in [2.45, 2.75) is 40.0 Å². The van der Waals surface area contributed by atoms with Crippen molar-refractivity contribution in [1.82, 2.24) is 4.90 Å². The lowest BCUT2D eigenvalue weighted by Crippen LogP contribution is -2.26. The van der Waals surface area contributed by atoms with Crippen LogP contribution in [0.25, 0.3) is 0 Å². The lowest BCUT2D eigenvalue weighted by molar-refractivity contribution is -0.122. The molecule has 0 bridgehead atoms. The number of ketones is 1. The van der Waals surface area contributed by atoms with E-state index < -0.39 is 0 Å². The Bertz CT molecular complexity index is 189. The molecular weight excluding hydrogens is 174 g/mol. The predicted molar refractivity (Wildman–Crippen MR) is 59.3 cm³/mol. The van der Waals surface area contributed by atoms with Crippen LogP contribution in [0.3, 0.4) is 0 Å². The van der Waals surface area contributed by atoms with E-state index in [-0.39, 0.29) is 0 Å². The van der Waals surface area contributed by atoms with Gasteiger partial charge in [-0.3, -0.25) is 4.79 Å². The monoisotopic (exact) mass is 197 g/mol. The Morgan fingerprint density at radius 3 is 2.79 bits per heavy atom. The van der Waals surface area contributed by atoms with Gasteiger partial charge in [0.15, 0.2) is 0 Å². The average molecular weight is 197 g/mol. The number of carbonyl (C=O) groups excluding carboxylic acids is 1. The summed E-state index contributed by atoms with van der Waals surface area (Å²) in [5, 5.41) is 0. The SMILES string of the molecule is CCCC(=O)C1CCN(CC(C)C)C1. The van der Waals surface area contributed by atoms with Crippen molar-refractivity contribution in [3.63, 3.8) is 0 Å². The van der Waals surface area contributed by atoms with Gasteiger partial charge in [0.1, 0.15) is 5.78 Å². The van der Waals surface area contributed by atoms with Crippen molar-refractivity contribution in [3.05, 3.63) is 0 Å². The second kappa shape index (κ2) is 5.50. The average Bonchev–Trinajstić information content (AvgIpc) is 2.52. The minimum atomic E-state index is 0.341. The molecule has 0 radical (unpaired) electrons. The predicted octanol–water partition coefficient (Wildman–Crippen LogP) is 2.33. The highest BCUT2D eigenvalue weighted by molar-refractivity contribution is 5.81. The summed E-state index contributed by atoms with van der Waals surface area (Å²) in [5.41, 5.74) is 0. The van der Waals surface area contributed by atoms with Gasteiger partial charge < -0.3 is 4.90 Å². The minimum Gasteiger partial charge on any atom is -0.302 e. The first-order valence-electron chi connectivity index (χ1n) is 5.88. The Morgan fingerprint density at radius 2 is 2.21 bits per heavy atom. The van der Waals surface area contributed by atoms with Crippen LogP contribution in [0.15, 0.2) is 0 Å². The first-order valence-corrected chi connectivity index (χ1v) is 5.88. The number of hydrogen-bond acceptors (Lipinski definition) is 2. The van der Waals surface area contributed by atoms with Crippen LogP contribution in [-0.2, 0) is 4.79 Å². The van der Waals surface area contributed by atoms with E-state index in [1.165, 1.54) is 0 Å². The van der Waals surface area contributed by atoms with Gasteiger partial charge in [0, 0.05) is 25.4 Å². The molecule has 1 heterocycles. The summed E-state index contributed by atoms with van der Waals surface area (Å²) >= 11 is 0. The summed E-state index contributed by atoms with van der Waals surface area (Å²) in [6.45, 7) is 9.84. The van der Waals surface area contributed by atoms with Gasteiger partial charge in [0.25, 0.3) is 0 Å². The molecule has 1 rings (SSSR count). The summed E-state index contributed by atoms with van der Waals surface area (Å²) in [6, 6.07) is 0. The molecule has 0 aliphatic carbocycles. The fourth-order valence-corrected chi connectivity index (χ4v) is 2.23. The molecule has 0 aromatic heterocycles. The van der Waals surface area contributed by atoms with Crippen LogP contribution >= 0.6 is 0 Å². The fourth-order valence-electron chi connectivity index (χ4n) is 2.23. The maximum absolute atomic E-state index is 11.6. The molecular formula is C12H23NO. The summed E-state index contributed by atoms with van der Waals surface area (Å²) in [4.78, 5) is 14.1. The molecule has 1 aliphatic heterocycles. The van der Waals surface area contributed by atoms with E-state index in [1.807, 2.05) is 0 Å². The molecule has 14 heavy (non-hydrogen) atoms. The Labute approximate surface area is 87.7 Å². The highest BCUT2D eigenvalue weighted by Crippen LogP contribution is 2.19. The summed E-state index contributed by atoms with van der Waals surface area (Å²) in [6.07, 6.45) is 2.87. The van der Waals surface area contributed by atoms with E-state index in [1.54, 1.807) is 0 Å². The highest BCUT2D eigenvalue weighted by Gasteiger charge is 2.27. The molecule has 0 spiro atoms. The lowest BCUT2D eigenvalue weighted by Gasteiger charge is -2.17. The molecule has 0 amide bonds. The molecule has 0 N–H and O–H groups in total. The van der Waals surface area contributed by atoms with E-state index in [4.69, 9.17) is 0 Å². The normalized spacial score (nSPS) is 23.3. The molecule has 0 saturated carbocycles. The van der Waals surface area contributed by atoms with Crippen LogP contribution in [0.1, 0.15) is 40.0 Å². The van der Waals surface area contributed by atoms with Crippen molar-refractivity contribution >= 4 is 5.78 Å². The molecule has 1 saturated heterocycles. The first-order chi connectivity index (χ1) is 6.63. The van der Waals surface area contributed by atoms with Gasteiger partial charge in [-0.15, -0.1) is 0 Å². The van der Waals surface area contributed by atoms with E-state index >= 15 is 0 Å². The number of likely N-dealkylation sites (tertiary alicyclic amines) is 1. The van der Waals surface area contributed by atoms with Crippen LogP contribution in [0.5, 0.6) is 0 Å². The standard InChI is InChI=1S/C12H23NO/c1-4-5-12(14)11-6-7-13(9-11)8-10(2)3/h10-11H,4-9H2,1-3H3. The van der Waals surface area contributed by atoms with E-state index in [0.717, 1.165) is 44.8 Å². The molecule has 1 aliphatic rings. The van der Waals surface area contributed by atoms with Gasteiger partial charge in [-0.2, -0.15) is 0 Å². The van der Waals surface area contributed by atoms with Crippen LogP contribution < -0.4 is 0 Å². The van der Waals surface area contributed by atoms with Gasteiger partial charge in [0.2, 0.25) is 0 Å². The quantitative estimate of drug-likeness (QED) is 0.674. The number of rotatable bonds is 5. The molecule has 1 fully saturated rings. The molecule has 0 aromatic rings. The smallest absolute Gasteiger partial charge is 0.137 e. The van der Waals surface area contributed by atoms with Crippen molar-refractivity contribution in [1.29, 1.82) is 0 Å². The van der Waals surface area contributed by atoms with Gasteiger partial charge in [-0.25, -0.2) is 0 Å². The zero-order chi connectivity index (χ0) is 10.6. The lowest BCUT2D eigenvalue weighted by atomic mass is 10.00. The molecule has 2 nitrogen and oxygen atoms in total. The van der Waals surface area contributed by atoms with Crippen molar-refractivity contribution in [2.75, 3.05) is 19.6 Å². The number of Topliss-reactive ketones (excluding diaryl/α,β-unsaturated/α-hetero) is 1.